The normalized spacial score (nSPS) is 19.6. The van der Waals surface area contributed by atoms with Gasteiger partial charge in [-0.15, -0.1) is 0 Å². The van der Waals surface area contributed by atoms with Crippen molar-refractivity contribution in [2.45, 2.75) is 90.3 Å². The lowest BCUT2D eigenvalue weighted by Crippen LogP contribution is -2.57. The van der Waals surface area contributed by atoms with Crippen molar-refractivity contribution in [1.82, 2.24) is 24.4 Å². The minimum atomic E-state index is -4.53. The van der Waals surface area contributed by atoms with Crippen LogP contribution < -0.4 is 4.90 Å². The molecule has 8 nitrogen and oxygen atoms in total. The first-order valence-electron chi connectivity index (χ1n) is 13.4. The minimum Gasteiger partial charge on any atom is -0.447 e. The maximum absolute atomic E-state index is 13.6. The number of carbonyl (C=O) groups excluding carboxylic acids is 1. The van der Waals surface area contributed by atoms with E-state index in [0.29, 0.717) is 42.9 Å². The molecule has 1 aliphatic rings. The smallest absolute Gasteiger partial charge is 0.416 e. The van der Waals surface area contributed by atoms with Crippen molar-refractivity contribution in [3.63, 3.8) is 0 Å². The number of alkyl halides is 3. The van der Waals surface area contributed by atoms with Crippen LogP contribution in [-0.2, 0) is 17.5 Å². The van der Waals surface area contributed by atoms with Crippen molar-refractivity contribution in [2.24, 2.45) is 0 Å². The Morgan fingerprint density at radius 3 is 2.30 bits per heavy atom. The summed E-state index contributed by atoms with van der Waals surface area (Å²) in [6, 6.07) is 3.19. The third-order valence-electron chi connectivity index (χ3n) is 7.13. The highest BCUT2D eigenvalue weighted by atomic mass is 35.5. The van der Waals surface area contributed by atoms with Gasteiger partial charge in [-0.2, -0.15) is 13.2 Å². The van der Waals surface area contributed by atoms with Gasteiger partial charge in [-0.1, -0.05) is 25.4 Å². The fourth-order valence-corrected chi connectivity index (χ4v) is 5.52. The van der Waals surface area contributed by atoms with Crippen molar-refractivity contribution in [2.75, 3.05) is 4.90 Å². The van der Waals surface area contributed by atoms with Gasteiger partial charge in [0, 0.05) is 42.1 Å². The van der Waals surface area contributed by atoms with Gasteiger partial charge in [-0.25, -0.2) is 19.7 Å². The number of hydrogen-bond donors (Lipinski definition) is 0. The van der Waals surface area contributed by atoms with E-state index in [0.717, 1.165) is 12.1 Å². The van der Waals surface area contributed by atoms with Gasteiger partial charge in [0.15, 0.2) is 0 Å². The van der Waals surface area contributed by atoms with Gasteiger partial charge in [0.05, 0.1) is 36.1 Å². The van der Waals surface area contributed by atoms with Gasteiger partial charge in [0.2, 0.25) is 5.95 Å². The molecule has 40 heavy (non-hydrogen) atoms. The molecule has 2 aromatic heterocycles. The van der Waals surface area contributed by atoms with E-state index in [-0.39, 0.29) is 41.9 Å². The van der Waals surface area contributed by atoms with Crippen LogP contribution in [0.5, 0.6) is 0 Å². The highest BCUT2D eigenvalue weighted by Crippen LogP contribution is 2.35. The molecule has 2 atom stereocenters. The minimum absolute atomic E-state index is 0.00488. The van der Waals surface area contributed by atoms with Crippen molar-refractivity contribution in [3.05, 3.63) is 65.5 Å². The molecule has 12 heteroatoms. The summed E-state index contributed by atoms with van der Waals surface area (Å²) >= 11 is 6.12. The van der Waals surface area contributed by atoms with Crippen LogP contribution in [0, 0.1) is 0 Å². The Morgan fingerprint density at radius 2 is 1.77 bits per heavy atom. The lowest BCUT2D eigenvalue weighted by Gasteiger charge is -2.47. The number of likely N-dealkylation sites (tertiary alicyclic amines) is 1. The molecule has 216 valence electrons. The molecular weight excluding hydrogens is 545 g/mol. The van der Waals surface area contributed by atoms with Crippen LogP contribution >= 0.6 is 11.6 Å². The zero-order valence-corrected chi connectivity index (χ0v) is 23.7. The molecule has 1 saturated heterocycles. The average Bonchev–Trinajstić information content (AvgIpc) is 3.45. The number of rotatable bonds is 8. The van der Waals surface area contributed by atoms with Gasteiger partial charge in [-0.3, -0.25) is 0 Å². The van der Waals surface area contributed by atoms with Crippen molar-refractivity contribution < 1.29 is 22.7 Å². The summed E-state index contributed by atoms with van der Waals surface area (Å²) in [6.45, 7) is 7.78. The number of anilines is 1. The van der Waals surface area contributed by atoms with Crippen LogP contribution in [0.15, 0.2) is 49.3 Å². The van der Waals surface area contributed by atoms with Crippen LogP contribution in [0.3, 0.4) is 0 Å². The summed E-state index contributed by atoms with van der Waals surface area (Å²) in [4.78, 5) is 30.1. The predicted octanol–water partition coefficient (Wildman–Crippen LogP) is 6.91. The first-order valence-corrected chi connectivity index (χ1v) is 13.8. The average molecular weight is 579 g/mol. The van der Waals surface area contributed by atoms with E-state index in [4.69, 9.17) is 16.3 Å². The SMILES string of the molecule is CCC1CC(N(Cc2cc(Cl)cc(C(F)(F)F)c2)c2ncc(-n3ccnc3)cn2)CC(CC)N1C(=O)OC(C)C. The van der Waals surface area contributed by atoms with Crippen LogP contribution in [0.4, 0.5) is 23.9 Å². The number of imidazole rings is 1. The van der Waals surface area contributed by atoms with Crippen LogP contribution in [0.1, 0.15) is 64.5 Å². The largest absolute Gasteiger partial charge is 0.447 e. The molecule has 1 aromatic carbocycles. The van der Waals surface area contributed by atoms with Crippen molar-refractivity contribution >= 4 is 23.6 Å². The molecule has 0 spiro atoms. The Morgan fingerprint density at radius 1 is 1.12 bits per heavy atom. The Hall–Kier alpha value is -3.34. The zero-order chi connectivity index (χ0) is 29.0. The van der Waals surface area contributed by atoms with Gasteiger partial charge >= 0.3 is 12.3 Å². The van der Waals surface area contributed by atoms with Gasteiger partial charge in [0.25, 0.3) is 0 Å². The standard InChI is InChI=1S/C28H34ClF3N6O2/c1-5-22-12-24(13-23(6-2)38(22)27(39)40-18(3)4)37(16-19-9-20(28(30,31)32)11-21(29)10-19)26-34-14-25(15-35-26)36-8-7-33-17-36/h7-11,14-15,17-18,22-24H,5-6,12-13,16H2,1-4H3. The molecule has 2 unspecified atom stereocenters. The monoisotopic (exact) mass is 578 g/mol. The van der Waals surface area contributed by atoms with E-state index >= 15 is 0 Å². The first kappa shape index (κ1) is 29.6. The molecule has 0 aliphatic carbocycles. The molecule has 0 radical (unpaired) electrons. The molecular formula is C28H34ClF3N6O2. The molecule has 4 rings (SSSR count). The molecule has 0 saturated carbocycles. The first-order chi connectivity index (χ1) is 19.0. The van der Waals surface area contributed by atoms with Crippen molar-refractivity contribution in [1.29, 1.82) is 0 Å². The number of nitrogens with zero attached hydrogens (tertiary/aromatic N) is 6. The fourth-order valence-electron chi connectivity index (χ4n) is 5.26. The zero-order valence-electron chi connectivity index (χ0n) is 23.0. The maximum atomic E-state index is 13.6. The summed E-state index contributed by atoms with van der Waals surface area (Å²) in [5.41, 5.74) is 0.285. The number of ether oxygens (including phenoxy) is 1. The van der Waals surface area contributed by atoms with E-state index in [1.807, 2.05) is 37.5 Å². The van der Waals surface area contributed by atoms with E-state index < -0.39 is 11.7 Å². The van der Waals surface area contributed by atoms with E-state index in [1.54, 1.807) is 35.7 Å². The van der Waals surface area contributed by atoms with Gasteiger partial charge < -0.3 is 19.1 Å². The van der Waals surface area contributed by atoms with Crippen LogP contribution in [0.2, 0.25) is 5.02 Å². The molecule has 1 fully saturated rings. The maximum Gasteiger partial charge on any atom is 0.416 e. The van der Waals surface area contributed by atoms with Gasteiger partial charge in [0.1, 0.15) is 0 Å². The Kier molecular flexibility index (Phi) is 9.22. The molecule has 0 N–H and O–H groups in total. The third kappa shape index (κ3) is 6.86. The number of hydrogen-bond acceptors (Lipinski definition) is 6. The summed E-state index contributed by atoms with van der Waals surface area (Å²) in [5.74, 6) is 0.380. The fraction of sp³-hybridized carbons (Fsp3) is 0.500. The predicted molar refractivity (Wildman–Crippen MR) is 146 cm³/mol. The van der Waals surface area contributed by atoms with Gasteiger partial charge in [-0.05, 0) is 63.3 Å². The van der Waals surface area contributed by atoms with Crippen molar-refractivity contribution in [3.8, 4) is 5.69 Å². The number of benzene rings is 1. The second-order valence-electron chi connectivity index (χ2n) is 10.3. The number of amides is 1. The summed E-state index contributed by atoms with van der Waals surface area (Å²) in [7, 11) is 0. The number of aromatic nitrogens is 4. The third-order valence-corrected chi connectivity index (χ3v) is 7.35. The number of piperidine rings is 1. The summed E-state index contributed by atoms with van der Waals surface area (Å²) in [5, 5.41) is 0.00488. The second-order valence-corrected chi connectivity index (χ2v) is 10.7. The molecule has 1 aliphatic heterocycles. The molecule has 1 amide bonds. The number of carbonyl (C=O) groups is 1. The highest BCUT2D eigenvalue weighted by molar-refractivity contribution is 6.30. The lowest BCUT2D eigenvalue weighted by molar-refractivity contribution is -0.137. The topological polar surface area (TPSA) is 76.4 Å². The van der Waals surface area contributed by atoms with Crippen LogP contribution in [0.25, 0.3) is 5.69 Å². The molecule has 3 heterocycles. The summed E-state index contributed by atoms with van der Waals surface area (Å²) in [6.07, 6.45) is 5.79. The second kappa shape index (κ2) is 12.4. The van der Waals surface area contributed by atoms with E-state index in [1.165, 1.54) is 6.07 Å². The Labute approximate surface area is 237 Å². The highest BCUT2D eigenvalue weighted by Gasteiger charge is 2.41. The Bertz CT molecular complexity index is 1260. The van der Waals surface area contributed by atoms with Crippen LogP contribution in [-0.4, -0.2) is 54.7 Å². The summed E-state index contributed by atoms with van der Waals surface area (Å²) < 4.78 is 48.1. The van der Waals surface area contributed by atoms with E-state index in [2.05, 4.69) is 15.0 Å². The lowest BCUT2D eigenvalue weighted by atomic mass is 9.87. The molecule has 3 aromatic rings. The number of halogens is 4. The quantitative estimate of drug-likeness (QED) is 0.289. The molecule has 0 bridgehead atoms. The van der Waals surface area contributed by atoms with E-state index in [9.17, 15) is 18.0 Å². The Balaban J connectivity index is 1.70.